The monoisotopic (exact) mass is 400 g/mol. The third kappa shape index (κ3) is 7.56. The molecule has 0 heterocycles. The number of carbonyl (C=O) groups excluding carboxylic acids is 1. The van der Waals surface area contributed by atoms with Crippen LogP contribution in [0.15, 0.2) is 48.5 Å². The van der Waals surface area contributed by atoms with Gasteiger partial charge in [0.25, 0.3) is 11.1 Å². The summed E-state index contributed by atoms with van der Waals surface area (Å²) in [5.74, 6) is 1.75. The smallest absolute Gasteiger partial charge is 0.262 e. The minimum absolute atomic E-state index is 0.217. The van der Waals surface area contributed by atoms with Gasteiger partial charge in [0.05, 0.1) is 6.61 Å². The van der Waals surface area contributed by atoms with Crippen LogP contribution in [0.25, 0.3) is 0 Å². The Bertz CT molecular complexity index is 776. The topological polar surface area (TPSA) is 59.6 Å². The molecule has 0 aliphatic rings. The van der Waals surface area contributed by atoms with Crippen LogP contribution in [0.2, 0.25) is 0 Å². The summed E-state index contributed by atoms with van der Waals surface area (Å²) >= 11 is 5.22. The van der Waals surface area contributed by atoms with E-state index in [1.165, 1.54) is 0 Å². The van der Waals surface area contributed by atoms with Crippen LogP contribution in [-0.2, 0) is 0 Å². The molecular formula is C22H28N2O3S. The molecule has 2 rings (SSSR count). The number of hydrogen-bond donors (Lipinski definition) is 2. The first-order valence-corrected chi connectivity index (χ1v) is 9.98. The number of anilines is 1. The highest BCUT2D eigenvalue weighted by molar-refractivity contribution is 7.80. The van der Waals surface area contributed by atoms with Crippen LogP contribution in [0.3, 0.4) is 0 Å². The van der Waals surface area contributed by atoms with Crippen LogP contribution in [0.1, 0.15) is 44.0 Å². The zero-order valence-corrected chi connectivity index (χ0v) is 17.5. The van der Waals surface area contributed by atoms with Gasteiger partial charge in [-0.2, -0.15) is 0 Å². The summed E-state index contributed by atoms with van der Waals surface area (Å²) in [7, 11) is 0. The lowest BCUT2D eigenvalue weighted by Crippen LogP contribution is -2.27. The molecule has 150 valence electrons. The average Bonchev–Trinajstić information content (AvgIpc) is 2.67. The second kappa shape index (κ2) is 11.3. The van der Waals surface area contributed by atoms with E-state index < -0.39 is 0 Å². The van der Waals surface area contributed by atoms with Gasteiger partial charge in [0.1, 0.15) is 11.5 Å². The average molecular weight is 401 g/mol. The first-order valence-electron chi connectivity index (χ1n) is 9.58. The molecule has 28 heavy (non-hydrogen) atoms. The molecule has 2 aromatic carbocycles. The minimum Gasteiger partial charge on any atom is -0.494 e. The highest BCUT2D eigenvalue weighted by Gasteiger charge is 2.09. The molecule has 0 fully saturated rings. The third-order valence-electron chi connectivity index (χ3n) is 3.96. The van der Waals surface area contributed by atoms with Crippen molar-refractivity contribution < 1.29 is 14.3 Å². The highest BCUT2D eigenvalue weighted by Crippen LogP contribution is 2.18. The molecule has 0 saturated carbocycles. The lowest BCUT2D eigenvalue weighted by atomic mass is 10.1. The van der Waals surface area contributed by atoms with Crippen LogP contribution in [0.4, 0.5) is 5.69 Å². The fourth-order valence-electron chi connectivity index (χ4n) is 2.55. The first kappa shape index (κ1) is 21.7. The largest absolute Gasteiger partial charge is 0.494 e. The lowest BCUT2D eigenvalue weighted by Gasteiger charge is -2.11. The van der Waals surface area contributed by atoms with Crippen LogP contribution >= 0.6 is 12.2 Å². The number of hydrogen-bond acceptors (Lipinski definition) is 4. The van der Waals surface area contributed by atoms with E-state index in [1.54, 1.807) is 36.4 Å². The van der Waals surface area contributed by atoms with Crippen molar-refractivity contribution in [1.82, 2.24) is 5.32 Å². The zero-order chi connectivity index (χ0) is 20.4. The standard InChI is InChI=1S/C22H28N2O3S/c1-4-26-19-12-10-18(11-13-19)24-21(25)17-8-5-9-20(15-17)27-22(28)23-14-6-7-16(2)3/h5,8-13,15-16H,4,6-7,14H2,1-3H3,(H,23,28)(H,24,25). The summed E-state index contributed by atoms with van der Waals surface area (Å²) in [4.78, 5) is 12.5. The highest BCUT2D eigenvalue weighted by atomic mass is 32.1. The minimum atomic E-state index is -0.217. The van der Waals surface area contributed by atoms with Gasteiger partial charge < -0.3 is 20.1 Å². The molecule has 0 aliphatic heterocycles. The Hall–Kier alpha value is -2.60. The van der Waals surface area contributed by atoms with Gasteiger partial charge in [-0.15, -0.1) is 0 Å². The van der Waals surface area contributed by atoms with E-state index in [2.05, 4.69) is 24.5 Å². The molecule has 5 nitrogen and oxygen atoms in total. The van der Waals surface area contributed by atoms with E-state index >= 15 is 0 Å². The predicted octanol–water partition coefficient (Wildman–Crippen LogP) is 5.03. The maximum absolute atomic E-state index is 12.5. The summed E-state index contributed by atoms with van der Waals surface area (Å²) < 4.78 is 11.0. The van der Waals surface area contributed by atoms with Crippen LogP contribution in [-0.4, -0.2) is 24.2 Å². The quantitative estimate of drug-likeness (QED) is 0.457. The van der Waals surface area contributed by atoms with E-state index in [-0.39, 0.29) is 5.91 Å². The fourth-order valence-corrected chi connectivity index (χ4v) is 2.75. The van der Waals surface area contributed by atoms with Gasteiger partial charge in [-0.3, -0.25) is 4.79 Å². The van der Waals surface area contributed by atoms with E-state index in [0.29, 0.717) is 34.7 Å². The summed E-state index contributed by atoms with van der Waals surface area (Å²) in [6.45, 7) is 7.69. The summed E-state index contributed by atoms with van der Waals surface area (Å²) in [5, 5.41) is 6.26. The molecule has 0 spiro atoms. The normalized spacial score (nSPS) is 10.4. The summed E-state index contributed by atoms with van der Waals surface area (Å²) in [6, 6.07) is 14.2. The molecule has 0 aliphatic carbocycles. The Kier molecular flexibility index (Phi) is 8.75. The Morgan fingerprint density at radius 1 is 1.11 bits per heavy atom. The maximum Gasteiger partial charge on any atom is 0.262 e. The first-order chi connectivity index (χ1) is 13.5. The molecular weight excluding hydrogens is 372 g/mol. The van der Waals surface area contributed by atoms with Crippen molar-refractivity contribution in [3.8, 4) is 11.5 Å². The number of ether oxygens (including phenoxy) is 2. The molecule has 2 N–H and O–H groups in total. The lowest BCUT2D eigenvalue weighted by molar-refractivity contribution is 0.102. The summed E-state index contributed by atoms with van der Waals surface area (Å²) in [6.07, 6.45) is 2.17. The van der Waals surface area contributed by atoms with Crippen molar-refractivity contribution in [2.45, 2.75) is 33.6 Å². The van der Waals surface area contributed by atoms with Crippen LogP contribution in [0.5, 0.6) is 11.5 Å². The van der Waals surface area contributed by atoms with Crippen molar-refractivity contribution in [3.05, 3.63) is 54.1 Å². The van der Waals surface area contributed by atoms with Gasteiger partial charge in [-0.1, -0.05) is 19.9 Å². The van der Waals surface area contributed by atoms with Gasteiger partial charge in [-0.25, -0.2) is 0 Å². The van der Waals surface area contributed by atoms with E-state index in [4.69, 9.17) is 21.7 Å². The van der Waals surface area contributed by atoms with Crippen LogP contribution in [0, 0.1) is 5.92 Å². The molecule has 0 aromatic heterocycles. The number of rotatable bonds is 9. The van der Waals surface area contributed by atoms with Gasteiger partial charge >= 0.3 is 0 Å². The second-order valence-electron chi connectivity index (χ2n) is 6.79. The van der Waals surface area contributed by atoms with Crippen molar-refractivity contribution in [2.75, 3.05) is 18.5 Å². The predicted molar refractivity (Wildman–Crippen MR) is 117 cm³/mol. The van der Waals surface area contributed by atoms with Gasteiger partial charge in [0.15, 0.2) is 0 Å². The number of thiocarbonyl (C=S) groups is 1. The molecule has 0 atom stereocenters. The Morgan fingerprint density at radius 2 is 1.86 bits per heavy atom. The fraction of sp³-hybridized carbons (Fsp3) is 0.364. The molecule has 2 aromatic rings. The van der Waals surface area contributed by atoms with E-state index in [1.807, 2.05) is 19.1 Å². The molecule has 0 saturated heterocycles. The second-order valence-corrected chi connectivity index (χ2v) is 7.16. The number of carbonyl (C=O) groups is 1. The Balaban J connectivity index is 1.88. The maximum atomic E-state index is 12.5. The van der Waals surface area contributed by atoms with E-state index in [0.717, 1.165) is 25.1 Å². The molecule has 1 amide bonds. The number of nitrogens with one attached hydrogen (secondary N) is 2. The molecule has 6 heteroatoms. The summed E-state index contributed by atoms with van der Waals surface area (Å²) in [5.41, 5.74) is 1.19. The zero-order valence-electron chi connectivity index (χ0n) is 16.7. The third-order valence-corrected chi connectivity index (χ3v) is 4.19. The van der Waals surface area contributed by atoms with Crippen LogP contribution < -0.4 is 20.1 Å². The van der Waals surface area contributed by atoms with Gasteiger partial charge in [0, 0.05) is 17.8 Å². The van der Waals surface area contributed by atoms with Crippen molar-refractivity contribution in [1.29, 1.82) is 0 Å². The Labute approximate surface area is 172 Å². The molecule has 0 radical (unpaired) electrons. The molecule has 0 unspecified atom stereocenters. The Morgan fingerprint density at radius 3 is 2.54 bits per heavy atom. The van der Waals surface area contributed by atoms with E-state index in [9.17, 15) is 4.79 Å². The molecule has 0 bridgehead atoms. The van der Waals surface area contributed by atoms with Gasteiger partial charge in [-0.05, 0) is 80.4 Å². The number of benzene rings is 2. The number of amides is 1. The van der Waals surface area contributed by atoms with Crippen molar-refractivity contribution in [3.63, 3.8) is 0 Å². The van der Waals surface area contributed by atoms with Crippen molar-refractivity contribution in [2.24, 2.45) is 5.92 Å². The van der Waals surface area contributed by atoms with Crippen molar-refractivity contribution >= 4 is 29.0 Å². The van der Waals surface area contributed by atoms with Gasteiger partial charge in [0.2, 0.25) is 0 Å². The SMILES string of the molecule is CCOc1ccc(NC(=O)c2cccc(OC(=S)NCCCC(C)C)c2)cc1.